The second-order valence-electron chi connectivity index (χ2n) is 4.70. The Hall–Kier alpha value is -2.38. The molecule has 0 unspecified atom stereocenters. The van der Waals surface area contributed by atoms with Gasteiger partial charge in [0.25, 0.3) is 0 Å². The lowest BCUT2D eigenvalue weighted by atomic mass is 10.2. The number of carbonyl (C=O) groups excluding carboxylic acids is 1. The van der Waals surface area contributed by atoms with Crippen LogP contribution in [0.2, 0.25) is 0 Å². The highest BCUT2D eigenvalue weighted by atomic mass is 19.4. The molecule has 0 saturated heterocycles. The number of aromatic nitrogens is 2. The molecule has 0 aliphatic rings. The largest absolute Gasteiger partial charge is 0.451 e. The van der Waals surface area contributed by atoms with E-state index >= 15 is 0 Å². The molecular weight excluding hydrogens is 297 g/mol. The number of hydrogen-bond donors (Lipinski definition) is 1. The van der Waals surface area contributed by atoms with Crippen LogP contribution in [0.1, 0.15) is 12.7 Å². The first kappa shape index (κ1) is 16.0. The van der Waals surface area contributed by atoms with Gasteiger partial charge in [-0.2, -0.15) is 13.2 Å². The van der Waals surface area contributed by atoms with Crippen molar-refractivity contribution in [2.24, 2.45) is 0 Å². The Bertz CT molecular complexity index is 687. The van der Waals surface area contributed by atoms with Gasteiger partial charge < -0.3 is 10.2 Å². The van der Waals surface area contributed by atoms with E-state index in [1.54, 1.807) is 25.1 Å². The Balaban J connectivity index is 2.48. The summed E-state index contributed by atoms with van der Waals surface area (Å²) in [5.74, 6) is -1.44. The van der Waals surface area contributed by atoms with Gasteiger partial charge >= 0.3 is 6.18 Å². The van der Waals surface area contributed by atoms with Gasteiger partial charge in [-0.15, -0.1) is 0 Å². The molecule has 0 aliphatic heterocycles. The van der Waals surface area contributed by atoms with Crippen LogP contribution in [0.25, 0.3) is 10.9 Å². The van der Waals surface area contributed by atoms with Crippen LogP contribution < -0.4 is 10.2 Å². The monoisotopic (exact) mass is 312 g/mol. The lowest BCUT2D eigenvalue weighted by molar-refractivity contribution is -0.144. The van der Waals surface area contributed by atoms with E-state index in [1.807, 2.05) is 0 Å². The molecule has 1 heterocycles. The van der Waals surface area contributed by atoms with Crippen molar-refractivity contribution in [2.45, 2.75) is 13.1 Å². The fourth-order valence-electron chi connectivity index (χ4n) is 2.02. The third kappa shape index (κ3) is 3.44. The molecule has 2 rings (SSSR count). The van der Waals surface area contributed by atoms with E-state index in [2.05, 4.69) is 15.3 Å². The van der Waals surface area contributed by atoms with Crippen LogP contribution in [-0.4, -0.2) is 36.0 Å². The maximum Gasteiger partial charge on any atom is 0.451 e. The summed E-state index contributed by atoms with van der Waals surface area (Å²) in [7, 11) is 1.52. The third-order valence-electron chi connectivity index (χ3n) is 2.95. The molecule has 2 aromatic rings. The highest BCUT2D eigenvalue weighted by molar-refractivity contribution is 5.91. The molecule has 0 spiro atoms. The highest BCUT2D eigenvalue weighted by Gasteiger charge is 2.36. The molecule has 22 heavy (non-hydrogen) atoms. The van der Waals surface area contributed by atoms with E-state index in [-0.39, 0.29) is 23.8 Å². The number of hydrogen-bond acceptors (Lipinski definition) is 4. The number of rotatable bonds is 4. The summed E-state index contributed by atoms with van der Waals surface area (Å²) >= 11 is 0. The van der Waals surface area contributed by atoms with Crippen LogP contribution in [-0.2, 0) is 11.0 Å². The number of nitrogens with zero attached hydrogens (tertiary/aromatic N) is 3. The van der Waals surface area contributed by atoms with Gasteiger partial charge in [-0.05, 0) is 19.1 Å². The number of amides is 1. The van der Waals surface area contributed by atoms with Crippen LogP contribution in [0.15, 0.2) is 24.3 Å². The summed E-state index contributed by atoms with van der Waals surface area (Å²) in [6.45, 7) is 2.12. The van der Waals surface area contributed by atoms with Crippen molar-refractivity contribution in [3.63, 3.8) is 0 Å². The van der Waals surface area contributed by atoms with Crippen molar-refractivity contribution in [1.29, 1.82) is 0 Å². The second kappa shape index (κ2) is 6.17. The van der Waals surface area contributed by atoms with Crippen LogP contribution in [0.4, 0.5) is 19.0 Å². The lowest BCUT2D eigenvalue weighted by Crippen LogP contribution is -2.35. The van der Waals surface area contributed by atoms with Gasteiger partial charge in [-0.1, -0.05) is 12.1 Å². The Morgan fingerprint density at radius 3 is 2.59 bits per heavy atom. The van der Waals surface area contributed by atoms with E-state index in [0.717, 1.165) is 0 Å². The highest BCUT2D eigenvalue weighted by Crippen LogP contribution is 2.31. The standard InChI is InChI=1S/C14H15F3N4O/c1-3-18-11(22)8-21(2)12-9-6-4-5-7-10(9)19-13(20-12)14(15,16)17/h4-7H,3,8H2,1-2H3,(H,18,22). The van der Waals surface area contributed by atoms with Crippen molar-refractivity contribution in [3.8, 4) is 0 Å². The predicted octanol–water partition coefficient (Wildman–Crippen LogP) is 2.22. The van der Waals surface area contributed by atoms with E-state index in [4.69, 9.17) is 0 Å². The van der Waals surface area contributed by atoms with Crippen molar-refractivity contribution >= 4 is 22.6 Å². The van der Waals surface area contributed by atoms with Gasteiger partial charge in [0, 0.05) is 19.0 Å². The number of para-hydroxylation sites is 1. The van der Waals surface area contributed by atoms with E-state index in [1.165, 1.54) is 18.0 Å². The number of likely N-dealkylation sites (N-methyl/N-ethyl adjacent to an activating group) is 2. The SMILES string of the molecule is CCNC(=O)CN(C)c1nc(C(F)(F)F)nc2ccccc12. The van der Waals surface area contributed by atoms with Crippen LogP contribution in [0.5, 0.6) is 0 Å². The second-order valence-corrected chi connectivity index (χ2v) is 4.70. The van der Waals surface area contributed by atoms with Crippen molar-refractivity contribution < 1.29 is 18.0 Å². The van der Waals surface area contributed by atoms with Gasteiger partial charge in [0.2, 0.25) is 11.7 Å². The zero-order chi connectivity index (χ0) is 16.3. The average molecular weight is 312 g/mol. The Morgan fingerprint density at radius 2 is 1.95 bits per heavy atom. The number of fused-ring (bicyclic) bond motifs is 1. The van der Waals surface area contributed by atoms with E-state index < -0.39 is 12.0 Å². The number of nitrogens with one attached hydrogen (secondary N) is 1. The number of anilines is 1. The zero-order valence-corrected chi connectivity index (χ0v) is 12.1. The molecule has 0 bridgehead atoms. The smallest absolute Gasteiger partial charge is 0.355 e. The summed E-state index contributed by atoms with van der Waals surface area (Å²) < 4.78 is 38.8. The molecule has 118 valence electrons. The van der Waals surface area contributed by atoms with E-state index in [0.29, 0.717) is 11.9 Å². The minimum atomic E-state index is -4.65. The summed E-state index contributed by atoms with van der Waals surface area (Å²) in [5, 5.41) is 3.05. The molecule has 1 amide bonds. The summed E-state index contributed by atoms with van der Waals surface area (Å²) in [6.07, 6.45) is -4.65. The maximum absolute atomic E-state index is 12.9. The van der Waals surface area contributed by atoms with Crippen molar-refractivity contribution in [3.05, 3.63) is 30.1 Å². The maximum atomic E-state index is 12.9. The molecule has 0 atom stereocenters. The fraction of sp³-hybridized carbons (Fsp3) is 0.357. The van der Waals surface area contributed by atoms with Crippen LogP contribution >= 0.6 is 0 Å². The van der Waals surface area contributed by atoms with Crippen LogP contribution in [0.3, 0.4) is 0 Å². The third-order valence-corrected chi connectivity index (χ3v) is 2.95. The number of benzene rings is 1. The van der Waals surface area contributed by atoms with E-state index in [9.17, 15) is 18.0 Å². The zero-order valence-electron chi connectivity index (χ0n) is 12.1. The molecule has 1 aromatic heterocycles. The molecule has 0 aliphatic carbocycles. The average Bonchev–Trinajstić information content (AvgIpc) is 2.45. The minimum Gasteiger partial charge on any atom is -0.355 e. The molecule has 1 aromatic carbocycles. The first-order chi connectivity index (χ1) is 10.3. The quantitative estimate of drug-likeness (QED) is 0.940. The minimum absolute atomic E-state index is 0.0733. The van der Waals surface area contributed by atoms with Gasteiger partial charge in [-0.3, -0.25) is 4.79 Å². The molecule has 1 N–H and O–H groups in total. The molecular formula is C14H15F3N4O. The van der Waals surface area contributed by atoms with Gasteiger partial charge in [0.15, 0.2) is 0 Å². The lowest BCUT2D eigenvalue weighted by Gasteiger charge is -2.20. The topological polar surface area (TPSA) is 58.1 Å². The molecule has 0 fully saturated rings. The van der Waals surface area contributed by atoms with Crippen molar-refractivity contribution in [2.75, 3.05) is 25.0 Å². The Labute approximate surface area is 125 Å². The Morgan fingerprint density at radius 1 is 1.27 bits per heavy atom. The summed E-state index contributed by atoms with van der Waals surface area (Å²) in [5.41, 5.74) is 0.183. The van der Waals surface area contributed by atoms with Crippen molar-refractivity contribution in [1.82, 2.24) is 15.3 Å². The Kier molecular flexibility index (Phi) is 4.48. The van der Waals surface area contributed by atoms with Gasteiger partial charge in [0.1, 0.15) is 5.82 Å². The normalized spacial score (nSPS) is 11.5. The molecule has 5 nitrogen and oxygen atoms in total. The summed E-state index contributed by atoms with van der Waals surface area (Å²) in [4.78, 5) is 20.1. The molecule has 0 radical (unpaired) electrons. The first-order valence-corrected chi connectivity index (χ1v) is 6.64. The van der Waals surface area contributed by atoms with Gasteiger partial charge in [-0.25, -0.2) is 9.97 Å². The number of carbonyl (C=O) groups is 1. The molecule has 8 heteroatoms. The predicted molar refractivity (Wildman–Crippen MR) is 76.5 cm³/mol. The number of alkyl halides is 3. The van der Waals surface area contributed by atoms with Crippen LogP contribution in [0, 0.1) is 0 Å². The first-order valence-electron chi connectivity index (χ1n) is 6.64. The number of halogens is 3. The van der Waals surface area contributed by atoms with Gasteiger partial charge in [0.05, 0.1) is 12.1 Å². The fourth-order valence-corrected chi connectivity index (χ4v) is 2.02. The summed E-state index contributed by atoms with van der Waals surface area (Å²) in [6, 6.07) is 6.39. The molecule has 0 saturated carbocycles.